The van der Waals surface area contributed by atoms with Crippen molar-refractivity contribution in [1.82, 2.24) is 29.2 Å². The highest BCUT2D eigenvalue weighted by atomic mass is 15.3. The Morgan fingerprint density at radius 3 is 3.00 bits per heavy atom. The molecule has 110 valence electrons. The summed E-state index contributed by atoms with van der Waals surface area (Å²) in [5.74, 6) is 0.908. The molecule has 22 heavy (non-hydrogen) atoms. The summed E-state index contributed by atoms with van der Waals surface area (Å²) in [4.78, 5) is 8.85. The Labute approximate surface area is 126 Å². The quantitative estimate of drug-likeness (QED) is 0.625. The fraction of sp³-hybridized carbons (Fsp3) is 0.200. The molecule has 0 fully saturated rings. The van der Waals surface area contributed by atoms with Crippen LogP contribution in [0, 0.1) is 13.8 Å². The lowest BCUT2D eigenvalue weighted by molar-refractivity contribution is 0.900. The molecule has 0 saturated carbocycles. The fourth-order valence-corrected chi connectivity index (χ4v) is 2.53. The molecule has 0 radical (unpaired) electrons. The zero-order chi connectivity index (χ0) is 15.1. The number of hydrogen-bond donors (Lipinski definition) is 1. The van der Waals surface area contributed by atoms with Crippen molar-refractivity contribution in [2.75, 3.05) is 5.32 Å². The maximum atomic E-state index is 4.48. The number of anilines is 1. The van der Waals surface area contributed by atoms with E-state index in [2.05, 4.69) is 25.5 Å². The van der Waals surface area contributed by atoms with E-state index in [4.69, 9.17) is 0 Å². The van der Waals surface area contributed by atoms with Gasteiger partial charge >= 0.3 is 0 Å². The lowest BCUT2D eigenvalue weighted by Crippen LogP contribution is -2.07. The van der Waals surface area contributed by atoms with Gasteiger partial charge in [-0.2, -0.15) is 14.7 Å². The lowest BCUT2D eigenvalue weighted by Gasteiger charge is -2.08. The predicted octanol–water partition coefficient (Wildman–Crippen LogP) is 2.00. The standard InChI is InChI=1S/C15H15N7/c1-10-6-13(22-14(19-10)7-11(2)20-22)17-8-12-9-18-21-5-3-4-16-15(12)21/h3-7,9,17H,8H2,1-2H3. The number of aryl methyl sites for hydroxylation is 2. The van der Waals surface area contributed by atoms with Crippen LogP contribution in [0.5, 0.6) is 0 Å². The van der Waals surface area contributed by atoms with Crippen molar-refractivity contribution in [2.45, 2.75) is 20.4 Å². The van der Waals surface area contributed by atoms with Crippen molar-refractivity contribution in [3.8, 4) is 0 Å². The molecule has 0 unspecified atom stereocenters. The first-order valence-electron chi connectivity index (χ1n) is 7.06. The predicted molar refractivity (Wildman–Crippen MR) is 82.8 cm³/mol. The van der Waals surface area contributed by atoms with Crippen LogP contribution in [0.3, 0.4) is 0 Å². The first-order valence-corrected chi connectivity index (χ1v) is 7.06. The second kappa shape index (κ2) is 4.80. The molecule has 7 heteroatoms. The summed E-state index contributed by atoms with van der Waals surface area (Å²) in [6.45, 7) is 4.56. The zero-order valence-corrected chi connectivity index (χ0v) is 12.4. The second-order valence-electron chi connectivity index (χ2n) is 5.25. The van der Waals surface area contributed by atoms with Gasteiger partial charge in [0.1, 0.15) is 5.82 Å². The summed E-state index contributed by atoms with van der Waals surface area (Å²) in [5, 5.41) is 12.2. The van der Waals surface area contributed by atoms with Crippen LogP contribution in [0.15, 0.2) is 36.8 Å². The van der Waals surface area contributed by atoms with E-state index in [-0.39, 0.29) is 0 Å². The Hall–Kier alpha value is -2.96. The van der Waals surface area contributed by atoms with E-state index in [1.165, 1.54) is 0 Å². The van der Waals surface area contributed by atoms with E-state index < -0.39 is 0 Å². The molecule has 0 aliphatic carbocycles. The Kier molecular flexibility index (Phi) is 2.78. The third kappa shape index (κ3) is 2.07. The van der Waals surface area contributed by atoms with Gasteiger partial charge in [-0.3, -0.25) is 0 Å². The normalized spacial score (nSPS) is 11.4. The van der Waals surface area contributed by atoms with Gasteiger partial charge in [-0.25, -0.2) is 14.5 Å². The Bertz CT molecular complexity index is 967. The van der Waals surface area contributed by atoms with E-state index in [0.717, 1.165) is 34.1 Å². The molecule has 0 saturated heterocycles. The molecule has 4 aromatic heterocycles. The minimum atomic E-state index is 0.623. The first kappa shape index (κ1) is 12.8. The summed E-state index contributed by atoms with van der Waals surface area (Å²) >= 11 is 0. The van der Waals surface area contributed by atoms with E-state index in [0.29, 0.717) is 6.54 Å². The summed E-state index contributed by atoms with van der Waals surface area (Å²) < 4.78 is 3.59. The van der Waals surface area contributed by atoms with Gasteiger partial charge in [-0.15, -0.1) is 0 Å². The molecule has 4 heterocycles. The van der Waals surface area contributed by atoms with Gasteiger partial charge in [-0.05, 0) is 19.9 Å². The Morgan fingerprint density at radius 1 is 1.18 bits per heavy atom. The number of nitrogens with one attached hydrogen (secondary N) is 1. The van der Waals surface area contributed by atoms with Crippen molar-refractivity contribution in [3.05, 3.63) is 53.7 Å². The third-order valence-corrected chi connectivity index (χ3v) is 3.49. The summed E-state index contributed by atoms with van der Waals surface area (Å²) in [5.41, 5.74) is 4.63. The van der Waals surface area contributed by atoms with Crippen molar-refractivity contribution in [3.63, 3.8) is 0 Å². The number of fused-ring (bicyclic) bond motifs is 2. The molecule has 0 spiro atoms. The van der Waals surface area contributed by atoms with Crippen molar-refractivity contribution >= 4 is 17.1 Å². The monoisotopic (exact) mass is 293 g/mol. The molecule has 0 aliphatic rings. The third-order valence-electron chi connectivity index (χ3n) is 3.49. The number of nitrogens with zero attached hydrogens (tertiary/aromatic N) is 6. The molecule has 4 rings (SSSR count). The van der Waals surface area contributed by atoms with E-state index in [9.17, 15) is 0 Å². The highest BCUT2D eigenvalue weighted by Crippen LogP contribution is 2.15. The molecule has 4 aromatic rings. The van der Waals surface area contributed by atoms with Crippen LogP contribution in [0.2, 0.25) is 0 Å². The van der Waals surface area contributed by atoms with Crippen LogP contribution in [0.4, 0.5) is 5.82 Å². The zero-order valence-electron chi connectivity index (χ0n) is 12.4. The molecular formula is C15H15N7. The van der Waals surface area contributed by atoms with E-state index in [1.807, 2.05) is 49.0 Å². The summed E-state index contributed by atoms with van der Waals surface area (Å²) in [6.07, 6.45) is 5.48. The van der Waals surface area contributed by atoms with Gasteiger partial charge in [-0.1, -0.05) is 0 Å². The molecule has 1 N–H and O–H groups in total. The smallest absolute Gasteiger partial charge is 0.159 e. The van der Waals surface area contributed by atoms with Gasteiger partial charge in [0.2, 0.25) is 0 Å². The lowest BCUT2D eigenvalue weighted by atomic mass is 10.3. The maximum Gasteiger partial charge on any atom is 0.159 e. The molecular weight excluding hydrogens is 278 g/mol. The Morgan fingerprint density at radius 2 is 2.09 bits per heavy atom. The second-order valence-corrected chi connectivity index (χ2v) is 5.25. The van der Waals surface area contributed by atoms with Crippen LogP contribution < -0.4 is 5.32 Å². The Balaban J connectivity index is 1.69. The van der Waals surface area contributed by atoms with E-state index >= 15 is 0 Å². The van der Waals surface area contributed by atoms with E-state index in [1.54, 1.807) is 10.7 Å². The molecule has 7 nitrogen and oxygen atoms in total. The van der Waals surface area contributed by atoms with Gasteiger partial charge in [0.25, 0.3) is 0 Å². The minimum Gasteiger partial charge on any atom is -0.366 e. The van der Waals surface area contributed by atoms with Crippen molar-refractivity contribution in [2.24, 2.45) is 0 Å². The van der Waals surface area contributed by atoms with Gasteiger partial charge in [0, 0.05) is 42.3 Å². The number of aromatic nitrogens is 6. The van der Waals surface area contributed by atoms with Gasteiger partial charge in [0.05, 0.1) is 11.9 Å². The average Bonchev–Trinajstić information content (AvgIpc) is 3.07. The van der Waals surface area contributed by atoms with Crippen molar-refractivity contribution in [1.29, 1.82) is 0 Å². The minimum absolute atomic E-state index is 0.623. The van der Waals surface area contributed by atoms with Crippen LogP contribution in [0.1, 0.15) is 17.0 Å². The highest BCUT2D eigenvalue weighted by molar-refractivity contribution is 5.52. The molecule has 0 aliphatic heterocycles. The van der Waals surface area contributed by atoms with Gasteiger partial charge in [0.15, 0.2) is 11.3 Å². The first-order chi connectivity index (χ1) is 10.7. The SMILES string of the molecule is Cc1cc(NCc2cnn3cccnc23)n2nc(C)cc2n1. The van der Waals surface area contributed by atoms with Crippen molar-refractivity contribution < 1.29 is 0 Å². The fourth-order valence-electron chi connectivity index (χ4n) is 2.53. The van der Waals surface area contributed by atoms with Crippen LogP contribution >= 0.6 is 0 Å². The number of rotatable bonds is 3. The number of hydrogen-bond acceptors (Lipinski definition) is 5. The maximum absolute atomic E-state index is 4.48. The molecule has 0 bridgehead atoms. The molecule has 0 amide bonds. The summed E-state index contributed by atoms with van der Waals surface area (Å²) in [7, 11) is 0. The summed E-state index contributed by atoms with van der Waals surface area (Å²) in [6, 6.07) is 5.81. The van der Waals surface area contributed by atoms with Crippen LogP contribution in [-0.4, -0.2) is 29.2 Å². The molecule has 0 aromatic carbocycles. The van der Waals surface area contributed by atoms with Crippen LogP contribution in [0.25, 0.3) is 11.3 Å². The average molecular weight is 293 g/mol. The van der Waals surface area contributed by atoms with Crippen LogP contribution in [-0.2, 0) is 6.54 Å². The molecule has 0 atom stereocenters. The largest absolute Gasteiger partial charge is 0.366 e. The van der Waals surface area contributed by atoms with Gasteiger partial charge < -0.3 is 5.32 Å². The highest BCUT2D eigenvalue weighted by Gasteiger charge is 2.08. The topological polar surface area (TPSA) is 72.4 Å².